The van der Waals surface area contributed by atoms with Gasteiger partial charge in [-0.1, -0.05) is 6.07 Å². The molecule has 0 aliphatic heterocycles. The number of nitrogens with zero attached hydrogens (tertiary/aromatic N) is 2. The van der Waals surface area contributed by atoms with Crippen LogP contribution in [0.5, 0.6) is 0 Å². The van der Waals surface area contributed by atoms with Crippen molar-refractivity contribution in [3.05, 3.63) is 29.3 Å². The zero-order chi connectivity index (χ0) is 8.97. The lowest BCUT2D eigenvalue weighted by Gasteiger charge is -1.97. The zero-order valence-electron chi connectivity index (χ0n) is 6.36. The Labute approximate surface area is 70.1 Å². The Morgan fingerprint density at radius 3 is 2.83 bits per heavy atom. The molecule has 1 aromatic carbocycles. The average Bonchev–Trinajstić information content (AvgIpc) is 2.09. The number of nitriles is 1. The molecule has 1 aromatic rings. The van der Waals surface area contributed by atoms with E-state index in [-0.39, 0.29) is 0 Å². The van der Waals surface area contributed by atoms with Crippen molar-refractivity contribution >= 4 is 11.9 Å². The maximum atomic E-state index is 8.61. The lowest BCUT2D eigenvalue weighted by atomic mass is 10.1. The molecule has 0 bridgehead atoms. The summed E-state index contributed by atoms with van der Waals surface area (Å²) in [5.74, 6) is 4.95. The van der Waals surface area contributed by atoms with Gasteiger partial charge in [-0.05, 0) is 17.7 Å². The van der Waals surface area contributed by atoms with Crippen molar-refractivity contribution in [1.29, 1.82) is 5.26 Å². The monoisotopic (exact) mass is 160 g/mol. The molecule has 0 atom stereocenters. The van der Waals surface area contributed by atoms with Crippen LogP contribution in [0.2, 0.25) is 0 Å². The fraction of sp³-hybridized carbons (Fsp3) is 0. The number of hydrazone groups is 1. The van der Waals surface area contributed by atoms with Crippen LogP contribution in [0.25, 0.3) is 0 Å². The second-order valence-electron chi connectivity index (χ2n) is 2.24. The maximum absolute atomic E-state index is 8.61. The molecule has 60 valence electrons. The molecule has 0 aliphatic rings. The first-order chi connectivity index (χ1) is 5.77. The van der Waals surface area contributed by atoms with Gasteiger partial charge in [-0.15, -0.1) is 0 Å². The third-order valence-corrected chi connectivity index (χ3v) is 1.42. The van der Waals surface area contributed by atoms with Crippen LogP contribution in [0.15, 0.2) is 23.3 Å². The molecule has 0 unspecified atom stereocenters. The van der Waals surface area contributed by atoms with E-state index in [4.69, 9.17) is 16.8 Å². The second kappa shape index (κ2) is 3.39. The summed E-state index contributed by atoms with van der Waals surface area (Å²) in [4.78, 5) is 0. The van der Waals surface area contributed by atoms with Crippen molar-refractivity contribution in [2.45, 2.75) is 0 Å². The smallest absolute Gasteiger partial charge is 0.101 e. The summed E-state index contributed by atoms with van der Waals surface area (Å²) >= 11 is 0. The van der Waals surface area contributed by atoms with E-state index in [1.807, 2.05) is 6.07 Å². The van der Waals surface area contributed by atoms with Gasteiger partial charge in [0, 0.05) is 5.69 Å². The molecule has 12 heavy (non-hydrogen) atoms. The molecule has 4 nitrogen and oxygen atoms in total. The van der Waals surface area contributed by atoms with Crippen LogP contribution in [0.1, 0.15) is 11.1 Å². The van der Waals surface area contributed by atoms with Gasteiger partial charge in [-0.3, -0.25) is 0 Å². The van der Waals surface area contributed by atoms with Crippen molar-refractivity contribution in [1.82, 2.24) is 0 Å². The fourth-order valence-electron chi connectivity index (χ4n) is 0.837. The molecule has 4 heteroatoms. The fourth-order valence-corrected chi connectivity index (χ4v) is 0.837. The van der Waals surface area contributed by atoms with Gasteiger partial charge in [-0.2, -0.15) is 10.4 Å². The van der Waals surface area contributed by atoms with E-state index >= 15 is 0 Å². The predicted octanol–water partition coefficient (Wildman–Crippen LogP) is 0.433. The Hall–Kier alpha value is -2.02. The first-order valence-corrected chi connectivity index (χ1v) is 3.31. The number of anilines is 1. The summed E-state index contributed by atoms with van der Waals surface area (Å²) in [6, 6.07) is 6.99. The van der Waals surface area contributed by atoms with Crippen LogP contribution >= 0.6 is 0 Å². The normalized spacial score (nSPS) is 9.92. The van der Waals surface area contributed by atoms with Gasteiger partial charge in [0.1, 0.15) is 6.07 Å². The number of benzene rings is 1. The van der Waals surface area contributed by atoms with E-state index in [1.165, 1.54) is 6.21 Å². The topological polar surface area (TPSA) is 88.2 Å². The van der Waals surface area contributed by atoms with Crippen LogP contribution in [0.3, 0.4) is 0 Å². The van der Waals surface area contributed by atoms with Crippen molar-refractivity contribution in [2.24, 2.45) is 10.9 Å². The van der Waals surface area contributed by atoms with Crippen molar-refractivity contribution < 1.29 is 0 Å². The van der Waals surface area contributed by atoms with E-state index < -0.39 is 0 Å². The molecule has 0 radical (unpaired) electrons. The Bertz CT molecular complexity index is 349. The molecule has 1 rings (SSSR count). The highest BCUT2D eigenvalue weighted by molar-refractivity contribution is 5.81. The molecule has 0 aliphatic carbocycles. The highest BCUT2D eigenvalue weighted by Crippen LogP contribution is 2.11. The van der Waals surface area contributed by atoms with E-state index in [1.54, 1.807) is 18.2 Å². The summed E-state index contributed by atoms with van der Waals surface area (Å²) in [5.41, 5.74) is 7.17. The zero-order valence-corrected chi connectivity index (χ0v) is 6.36. The molecule has 0 heterocycles. The molecular weight excluding hydrogens is 152 g/mol. The number of hydrogen-bond donors (Lipinski definition) is 2. The minimum atomic E-state index is 0.437. The standard InChI is InChI=1S/C8H8N4/c9-4-7-3-6(5-12-11)1-2-8(7)10/h1-3,5H,10-11H2. The molecule has 0 saturated carbocycles. The maximum Gasteiger partial charge on any atom is 0.101 e. The van der Waals surface area contributed by atoms with Crippen LogP contribution in [-0.4, -0.2) is 6.21 Å². The average molecular weight is 160 g/mol. The Kier molecular flexibility index (Phi) is 2.29. The number of rotatable bonds is 1. The number of nitrogens with two attached hydrogens (primary N) is 2. The summed E-state index contributed by atoms with van der Waals surface area (Å²) in [6.07, 6.45) is 1.46. The Morgan fingerprint density at radius 2 is 2.25 bits per heavy atom. The van der Waals surface area contributed by atoms with E-state index in [0.717, 1.165) is 5.56 Å². The van der Waals surface area contributed by atoms with Crippen molar-refractivity contribution in [3.8, 4) is 6.07 Å². The van der Waals surface area contributed by atoms with Gasteiger partial charge in [0.2, 0.25) is 0 Å². The van der Waals surface area contributed by atoms with Crippen LogP contribution in [0, 0.1) is 11.3 Å². The largest absolute Gasteiger partial charge is 0.398 e. The van der Waals surface area contributed by atoms with Crippen LogP contribution < -0.4 is 11.6 Å². The minimum absolute atomic E-state index is 0.437. The highest BCUT2D eigenvalue weighted by atomic mass is 15.1. The van der Waals surface area contributed by atoms with Crippen LogP contribution in [0.4, 0.5) is 5.69 Å². The molecule has 0 fully saturated rings. The predicted molar refractivity (Wildman–Crippen MR) is 47.4 cm³/mol. The molecular formula is C8H8N4. The van der Waals surface area contributed by atoms with Crippen molar-refractivity contribution in [3.63, 3.8) is 0 Å². The number of nitrogen functional groups attached to an aromatic ring is 1. The Morgan fingerprint density at radius 1 is 1.50 bits per heavy atom. The first kappa shape index (κ1) is 8.08. The summed E-state index contributed by atoms with van der Waals surface area (Å²) < 4.78 is 0. The van der Waals surface area contributed by atoms with Gasteiger partial charge in [0.25, 0.3) is 0 Å². The Balaban J connectivity index is 3.16. The van der Waals surface area contributed by atoms with Gasteiger partial charge in [-0.25, -0.2) is 0 Å². The van der Waals surface area contributed by atoms with Crippen molar-refractivity contribution in [2.75, 3.05) is 5.73 Å². The first-order valence-electron chi connectivity index (χ1n) is 3.31. The van der Waals surface area contributed by atoms with E-state index in [0.29, 0.717) is 11.3 Å². The van der Waals surface area contributed by atoms with Gasteiger partial charge in [0.05, 0.1) is 11.8 Å². The quantitative estimate of drug-likeness (QED) is 0.270. The molecule has 0 aromatic heterocycles. The summed E-state index contributed by atoms with van der Waals surface area (Å²) in [6.45, 7) is 0. The summed E-state index contributed by atoms with van der Waals surface area (Å²) in [5, 5.41) is 11.9. The van der Waals surface area contributed by atoms with Gasteiger partial charge < -0.3 is 11.6 Å². The van der Waals surface area contributed by atoms with Gasteiger partial charge >= 0.3 is 0 Å². The van der Waals surface area contributed by atoms with E-state index in [9.17, 15) is 0 Å². The lowest BCUT2D eigenvalue weighted by Crippen LogP contribution is -1.93. The molecule has 0 amide bonds. The second-order valence-corrected chi connectivity index (χ2v) is 2.24. The lowest BCUT2D eigenvalue weighted by molar-refractivity contribution is 1.26. The molecule has 0 spiro atoms. The third kappa shape index (κ3) is 1.52. The van der Waals surface area contributed by atoms with Gasteiger partial charge in [0.15, 0.2) is 0 Å². The molecule has 4 N–H and O–H groups in total. The SMILES string of the molecule is N#Cc1cc(C=NN)ccc1N. The third-order valence-electron chi connectivity index (χ3n) is 1.42. The minimum Gasteiger partial charge on any atom is -0.398 e. The molecule has 0 saturated heterocycles. The highest BCUT2D eigenvalue weighted by Gasteiger charge is 1.97. The number of hydrogen-bond acceptors (Lipinski definition) is 4. The van der Waals surface area contributed by atoms with Crippen LogP contribution in [-0.2, 0) is 0 Å². The van der Waals surface area contributed by atoms with E-state index in [2.05, 4.69) is 5.10 Å². The summed E-state index contributed by atoms with van der Waals surface area (Å²) in [7, 11) is 0.